The van der Waals surface area contributed by atoms with Gasteiger partial charge in [0, 0.05) is 13.0 Å². The summed E-state index contributed by atoms with van der Waals surface area (Å²) in [6, 6.07) is 6.34. The second kappa shape index (κ2) is 6.75. The summed E-state index contributed by atoms with van der Waals surface area (Å²) in [7, 11) is 0. The van der Waals surface area contributed by atoms with Crippen LogP contribution in [0.4, 0.5) is 5.13 Å². The van der Waals surface area contributed by atoms with Gasteiger partial charge in [0.2, 0.25) is 5.91 Å². The molecule has 118 valence electrons. The summed E-state index contributed by atoms with van der Waals surface area (Å²) >= 11 is 1.60. The van der Waals surface area contributed by atoms with Crippen LogP contribution in [0, 0.1) is 0 Å². The average molecular weight is 318 g/mol. The van der Waals surface area contributed by atoms with Crippen molar-refractivity contribution < 1.29 is 9.53 Å². The monoisotopic (exact) mass is 318 g/mol. The third-order valence-corrected chi connectivity index (χ3v) is 5.14. The van der Waals surface area contributed by atoms with Gasteiger partial charge in [0.25, 0.3) is 0 Å². The zero-order valence-corrected chi connectivity index (χ0v) is 14.0. The van der Waals surface area contributed by atoms with Gasteiger partial charge < -0.3 is 4.74 Å². The standard InChI is InChI=1S/C17H22N2O2S/c1-3-12-7-8-14-15(10-12)22-17(18-14)19(16(20)4-2)11-13-6-5-9-21-13/h7-8,10,13H,3-6,9,11H2,1-2H3. The Bertz CT molecular complexity index is 662. The second-order valence-corrected chi connectivity index (χ2v) is 6.65. The summed E-state index contributed by atoms with van der Waals surface area (Å²) in [6.07, 6.45) is 3.75. The number of ether oxygens (including phenoxy) is 1. The number of rotatable bonds is 5. The van der Waals surface area contributed by atoms with Crippen molar-refractivity contribution >= 4 is 32.6 Å². The van der Waals surface area contributed by atoms with E-state index < -0.39 is 0 Å². The highest BCUT2D eigenvalue weighted by atomic mass is 32.1. The molecule has 4 nitrogen and oxygen atoms in total. The van der Waals surface area contributed by atoms with Gasteiger partial charge in [-0.05, 0) is 37.0 Å². The molecule has 2 aromatic rings. The molecule has 1 aromatic carbocycles. The van der Waals surface area contributed by atoms with Crippen LogP contribution < -0.4 is 4.90 Å². The smallest absolute Gasteiger partial charge is 0.228 e. The molecule has 1 atom stereocenters. The van der Waals surface area contributed by atoms with Gasteiger partial charge in [-0.25, -0.2) is 4.98 Å². The first-order valence-corrected chi connectivity index (χ1v) is 8.84. The van der Waals surface area contributed by atoms with Crippen molar-refractivity contribution in [3.05, 3.63) is 23.8 Å². The highest BCUT2D eigenvalue weighted by molar-refractivity contribution is 7.22. The molecule has 0 radical (unpaired) electrons. The summed E-state index contributed by atoms with van der Waals surface area (Å²) in [5.41, 5.74) is 2.27. The van der Waals surface area contributed by atoms with Crippen LogP contribution in [0.2, 0.25) is 0 Å². The Morgan fingerprint density at radius 1 is 1.45 bits per heavy atom. The minimum absolute atomic E-state index is 0.116. The Hall–Kier alpha value is -1.46. The van der Waals surface area contributed by atoms with E-state index >= 15 is 0 Å². The van der Waals surface area contributed by atoms with Gasteiger partial charge in [0.15, 0.2) is 5.13 Å². The van der Waals surface area contributed by atoms with Crippen molar-refractivity contribution in [3.63, 3.8) is 0 Å². The third-order valence-electron chi connectivity index (χ3n) is 4.09. The molecule has 0 N–H and O–H groups in total. The van der Waals surface area contributed by atoms with Crippen molar-refractivity contribution in [2.45, 2.75) is 45.6 Å². The summed E-state index contributed by atoms with van der Waals surface area (Å²) in [5, 5.41) is 0.797. The Labute approximate surface area is 135 Å². The van der Waals surface area contributed by atoms with Gasteiger partial charge in [-0.3, -0.25) is 9.69 Å². The number of thiazole rings is 1. The van der Waals surface area contributed by atoms with Gasteiger partial charge >= 0.3 is 0 Å². The molecule has 3 rings (SSSR count). The first-order chi connectivity index (χ1) is 10.7. The Morgan fingerprint density at radius 2 is 2.32 bits per heavy atom. The highest BCUT2D eigenvalue weighted by Crippen LogP contribution is 2.31. The fraction of sp³-hybridized carbons (Fsp3) is 0.529. The van der Waals surface area contributed by atoms with E-state index in [1.165, 1.54) is 5.56 Å². The number of nitrogens with zero attached hydrogens (tertiary/aromatic N) is 2. The topological polar surface area (TPSA) is 42.4 Å². The minimum Gasteiger partial charge on any atom is -0.376 e. The van der Waals surface area contributed by atoms with Gasteiger partial charge in [-0.1, -0.05) is 31.3 Å². The number of carbonyl (C=O) groups is 1. The zero-order valence-electron chi connectivity index (χ0n) is 13.2. The van der Waals surface area contributed by atoms with E-state index in [4.69, 9.17) is 4.74 Å². The van der Waals surface area contributed by atoms with E-state index in [0.717, 1.165) is 41.2 Å². The summed E-state index contributed by atoms with van der Waals surface area (Å²) in [6.45, 7) is 5.46. The fourth-order valence-electron chi connectivity index (χ4n) is 2.76. The molecule has 0 saturated carbocycles. The lowest BCUT2D eigenvalue weighted by atomic mass is 10.2. The third kappa shape index (κ3) is 3.15. The van der Waals surface area contributed by atoms with Crippen LogP contribution in [0.15, 0.2) is 18.2 Å². The van der Waals surface area contributed by atoms with Gasteiger partial charge in [0.1, 0.15) is 0 Å². The molecule has 0 spiro atoms. The maximum absolute atomic E-state index is 12.3. The van der Waals surface area contributed by atoms with Crippen LogP contribution >= 0.6 is 11.3 Å². The van der Waals surface area contributed by atoms with Crippen LogP contribution in [-0.4, -0.2) is 30.1 Å². The first kappa shape index (κ1) is 15.4. The predicted molar refractivity (Wildman–Crippen MR) is 90.6 cm³/mol. The zero-order chi connectivity index (χ0) is 15.5. The van der Waals surface area contributed by atoms with E-state index in [-0.39, 0.29) is 12.0 Å². The summed E-state index contributed by atoms with van der Waals surface area (Å²) < 4.78 is 6.84. The molecular weight excluding hydrogens is 296 g/mol. The molecule has 1 aliphatic rings. The number of benzene rings is 1. The van der Waals surface area contributed by atoms with E-state index in [0.29, 0.717) is 13.0 Å². The largest absolute Gasteiger partial charge is 0.376 e. The number of hydrogen-bond acceptors (Lipinski definition) is 4. The number of hydrogen-bond donors (Lipinski definition) is 0. The Balaban J connectivity index is 1.90. The number of aromatic nitrogens is 1. The number of fused-ring (bicyclic) bond motifs is 1. The molecule has 2 heterocycles. The molecule has 5 heteroatoms. The minimum atomic E-state index is 0.116. The van der Waals surface area contributed by atoms with Crippen molar-refractivity contribution in [3.8, 4) is 0 Å². The predicted octanol–water partition coefficient (Wildman–Crippen LogP) is 3.78. The van der Waals surface area contributed by atoms with Crippen molar-refractivity contribution in [2.24, 2.45) is 0 Å². The molecule has 1 fully saturated rings. The molecule has 1 aromatic heterocycles. The lowest BCUT2D eigenvalue weighted by Crippen LogP contribution is -2.37. The number of amides is 1. The van der Waals surface area contributed by atoms with Crippen LogP contribution in [0.25, 0.3) is 10.2 Å². The highest BCUT2D eigenvalue weighted by Gasteiger charge is 2.25. The lowest BCUT2D eigenvalue weighted by molar-refractivity contribution is -0.118. The number of carbonyl (C=O) groups excluding carboxylic acids is 1. The van der Waals surface area contributed by atoms with Crippen LogP contribution in [0.5, 0.6) is 0 Å². The molecule has 1 unspecified atom stereocenters. The SMILES string of the molecule is CCC(=O)N(CC1CCCO1)c1nc2ccc(CC)cc2s1. The fourth-order valence-corrected chi connectivity index (χ4v) is 3.82. The lowest BCUT2D eigenvalue weighted by Gasteiger charge is -2.22. The molecule has 1 amide bonds. The van der Waals surface area contributed by atoms with Crippen molar-refractivity contribution in [2.75, 3.05) is 18.1 Å². The quantitative estimate of drug-likeness (QED) is 0.842. The van der Waals surface area contributed by atoms with Crippen molar-refractivity contribution in [1.29, 1.82) is 0 Å². The number of aryl methyl sites for hydroxylation is 1. The first-order valence-electron chi connectivity index (χ1n) is 8.02. The Morgan fingerprint density at radius 3 is 3.00 bits per heavy atom. The molecule has 0 bridgehead atoms. The van der Waals surface area contributed by atoms with Crippen molar-refractivity contribution in [1.82, 2.24) is 4.98 Å². The van der Waals surface area contributed by atoms with Crippen LogP contribution in [-0.2, 0) is 16.0 Å². The average Bonchev–Trinajstić information content (AvgIpc) is 3.19. The van der Waals surface area contributed by atoms with Gasteiger partial charge in [-0.2, -0.15) is 0 Å². The van der Waals surface area contributed by atoms with E-state index in [2.05, 4.69) is 30.1 Å². The normalized spacial score (nSPS) is 18.0. The molecule has 1 aliphatic heterocycles. The second-order valence-electron chi connectivity index (χ2n) is 5.64. The maximum atomic E-state index is 12.3. The van der Waals surface area contributed by atoms with E-state index in [1.54, 1.807) is 11.3 Å². The van der Waals surface area contributed by atoms with E-state index in [9.17, 15) is 4.79 Å². The molecular formula is C17H22N2O2S. The maximum Gasteiger partial charge on any atom is 0.228 e. The molecule has 0 aliphatic carbocycles. The van der Waals surface area contributed by atoms with E-state index in [1.807, 2.05) is 11.8 Å². The molecule has 1 saturated heterocycles. The van der Waals surface area contributed by atoms with Gasteiger partial charge in [-0.15, -0.1) is 0 Å². The van der Waals surface area contributed by atoms with Crippen LogP contribution in [0.3, 0.4) is 0 Å². The number of anilines is 1. The van der Waals surface area contributed by atoms with Gasteiger partial charge in [0.05, 0.1) is 22.9 Å². The molecule has 22 heavy (non-hydrogen) atoms. The summed E-state index contributed by atoms with van der Waals surface area (Å²) in [5.74, 6) is 0.116. The Kier molecular flexibility index (Phi) is 4.74. The van der Waals surface area contributed by atoms with Crippen LogP contribution in [0.1, 0.15) is 38.7 Å². The summed E-state index contributed by atoms with van der Waals surface area (Å²) in [4.78, 5) is 18.8.